The average molecular weight is 451 g/mol. The lowest BCUT2D eigenvalue weighted by atomic mass is 9.85. The fourth-order valence-electron chi connectivity index (χ4n) is 3.13. The van der Waals surface area contributed by atoms with Crippen LogP contribution in [0.4, 0.5) is 24.7 Å². The van der Waals surface area contributed by atoms with Crippen molar-refractivity contribution in [2.45, 2.75) is 37.9 Å². The number of methoxy groups -OCH3 is 1. The molecule has 1 aliphatic carbocycles. The number of aromatic nitrogens is 1. The molecule has 0 unspecified atom stereocenters. The molecule has 1 heterocycles. The number of hydrogen-bond acceptors (Lipinski definition) is 8. The van der Waals surface area contributed by atoms with Gasteiger partial charge in [0.2, 0.25) is 11.7 Å². The Balaban J connectivity index is 0.00000233. The van der Waals surface area contributed by atoms with E-state index < -0.39 is 34.7 Å². The van der Waals surface area contributed by atoms with Gasteiger partial charge in [0.25, 0.3) is 5.91 Å². The Morgan fingerprint density at radius 3 is 2.39 bits per heavy atom. The Morgan fingerprint density at radius 1 is 1.29 bits per heavy atom. The van der Waals surface area contributed by atoms with Crippen LogP contribution in [0.3, 0.4) is 0 Å². The zero-order chi connectivity index (χ0) is 23.6. The summed E-state index contributed by atoms with van der Waals surface area (Å²) < 4.78 is 48.7. The molecule has 0 aromatic carbocycles. The number of nitrogens with zero attached hydrogens (tertiary/aromatic N) is 2. The molecule has 176 valence electrons. The van der Waals surface area contributed by atoms with Crippen LogP contribution in [-0.2, 0) is 4.74 Å². The van der Waals surface area contributed by atoms with Gasteiger partial charge in [-0.25, -0.2) is 0 Å². The van der Waals surface area contributed by atoms with Crippen LogP contribution < -0.4 is 21.1 Å². The Labute approximate surface area is 177 Å². The van der Waals surface area contributed by atoms with Gasteiger partial charge in [-0.15, -0.1) is 0 Å². The molecule has 2 rings (SSSR count). The molecule has 0 atom stereocenters. The quantitative estimate of drug-likeness (QED) is 0.311. The van der Waals surface area contributed by atoms with Crippen molar-refractivity contribution < 1.29 is 32.4 Å². The van der Waals surface area contributed by atoms with Gasteiger partial charge >= 0.3 is 11.9 Å². The first-order valence-electron chi connectivity index (χ1n) is 9.61. The van der Waals surface area contributed by atoms with Crippen molar-refractivity contribution in [3.05, 3.63) is 21.7 Å². The van der Waals surface area contributed by atoms with E-state index in [9.17, 15) is 28.1 Å². The number of pyridine rings is 1. The number of rotatable bonds is 8. The number of carbonyl (C=O) groups is 1. The highest BCUT2D eigenvalue weighted by atomic mass is 19.4. The summed E-state index contributed by atoms with van der Waals surface area (Å²) in [7, 11) is 4.39. The summed E-state index contributed by atoms with van der Waals surface area (Å²) in [5, 5.41) is 16.5. The molecule has 4 N–H and O–H groups in total. The maximum absolute atomic E-state index is 12.8. The highest BCUT2D eigenvalue weighted by Gasteiger charge is 2.41. The number of nitrogens with two attached hydrogens (primary N) is 1. The van der Waals surface area contributed by atoms with Crippen LogP contribution in [0, 0.1) is 16.0 Å². The Bertz CT molecular complexity index is 740. The van der Waals surface area contributed by atoms with E-state index in [2.05, 4.69) is 21.4 Å². The molecular formula is C18H28F3N5O5. The van der Waals surface area contributed by atoms with Gasteiger partial charge in [-0.05, 0) is 32.7 Å². The molecule has 0 radical (unpaired) electrons. The first-order chi connectivity index (χ1) is 14.7. The molecule has 0 aliphatic heterocycles. The standard InChI is InChI=1S/C17H23F3N4O5.CH5N/c1-21-14-13(24(26)27)9-12(16(23-14)29-8-7-28-2)15(25)22-11-5-3-10(4-6-11)17(18,19)20;1-2/h9-11H,3-8H2,1-2H3,(H,21,23)(H,22,25);2H2,1H3. The highest BCUT2D eigenvalue weighted by molar-refractivity contribution is 5.97. The largest absolute Gasteiger partial charge is 0.475 e. The lowest BCUT2D eigenvalue weighted by Gasteiger charge is -2.30. The maximum Gasteiger partial charge on any atom is 0.391 e. The van der Waals surface area contributed by atoms with Crippen molar-refractivity contribution in [1.82, 2.24) is 10.3 Å². The number of alkyl halides is 3. The number of carbonyl (C=O) groups excluding carboxylic acids is 1. The first kappa shape index (κ1) is 26.4. The lowest BCUT2D eigenvalue weighted by Crippen LogP contribution is -2.40. The molecule has 0 bridgehead atoms. The second-order valence-corrected chi connectivity index (χ2v) is 6.62. The molecule has 1 aromatic rings. The number of anilines is 1. The summed E-state index contributed by atoms with van der Waals surface area (Å²) in [6.07, 6.45) is -4.07. The van der Waals surface area contributed by atoms with E-state index >= 15 is 0 Å². The molecule has 1 aliphatic rings. The highest BCUT2D eigenvalue weighted by Crippen LogP contribution is 2.37. The van der Waals surface area contributed by atoms with Crippen LogP contribution in [0.2, 0.25) is 0 Å². The zero-order valence-corrected chi connectivity index (χ0v) is 17.6. The molecule has 0 saturated heterocycles. The zero-order valence-electron chi connectivity index (χ0n) is 17.6. The molecule has 31 heavy (non-hydrogen) atoms. The van der Waals surface area contributed by atoms with E-state index in [0.29, 0.717) is 0 Å². The number of amides is 1. The van der Waals surface area contributed by atoms with Crippen molar-refractivity contribution in [1.29, 1.82) is 0 Å². The third kappa shape index (κ3) is 7.51. The smallest absolute Gasteiger partial charge is 0.391 e. The molecular weight excluding hydrogens is 423 g/mol. The van der Waals surface area contributed by atoms with Crippen LogP contribution in [0.5, 0.6) is 5.88 Å². The van der Waals surface area contributed by atoms with Crippen LogP contribution in [0.15, 0.2) is 6.07 Å². The average Bonchev–Trinajstić information content (AvgIpc) is 2.74. The van der Waals surface area contributed by atoms with Crippen molar-refractivity contribution in [3.8, 4) is 5.88 Å². The summed E-state index contributed by atoms with van der Waals surface area (Å²) in [5.41, 5.74) is 3.92. The van der Waals surface area contributed by atoms with Crippen molar-refractivity contribution in [2.75, 3.05) is 39.7 Å². The van der Waals surface area contributed by atoms with Gasteiger partial charge in [-0.3, -0.25) is 14.9 Å². The predicted molar refractivity (Wildman–Crippen MR) is 107 cm³/mol. The molecule has 1 fully saturated rings. The summed E-state index contributed by atoms with van der Waals surface area (Å²) in [4.78, 5) is 27.3. The second kappa shape index (κ2) is 12.2. The predicted octanol–water partition coefficient (Wildman–Crippen LogP) is 2.48. The fraction of sp³-hybridized carbons (Fsp3) is 0.667. The Morgan fingerprint density at radius 2 is 1.90 bits per heavy atom. The van der Waals surface area contributed by atoms with Gasteiger partial charge in [0.05, 0.1) is 17.4 Å². The summed E-state index contributed by atoms with van der Waals surface area (Å²) in [5.74, 6) is -2.27. The SMILES string of the molecule is CN.CNc1nc(OCCOC)c(C(=O)NC2CCC(C(F)(F)F)CC2)cc1[N+](=O)[O-]. The summed E-state index contributed by atoms with van der Waals surface area (Å²) in [6, 6.07) is 0.577. The molecule has 1 aromatic heterocycles. The van der Waals surface area contributed by atoms with E-state index in [1.54, 1.807) is 0 Å². The van der Waals surface area contributed by atoms with Crippen LogP contribution in [0.1, 0.15) is 36.0 Å². The molecule has 13 heteroatoms. The molecule has 10 nitrogen and oxygen atoms in total. The van der Waals surface area contributed by atoms with Gasteiger partial charge in [-0.1, -0.05) is 0 Å². The summed E-state index contributed by atoms with van der Waals surface area (Å²) in [6.45, 7) is 0.261. The lowest BCUT2D eigenvalue weighted by molar-refractivity contribution is -0.384. The van der Waals surface area contributed by atoms with E-state index in [0.717, 1.165) is 6.07 Å². The second-order valence-electron chi connectivity index (χ2n) is 6.62. The minimum Gasteiger partial charge on any atom is -0.475 e. The van der Waals surface area contributed by atoms with Crippen molar-refractivity contribution in [3.63, 3.8) is 0 Å². The van der Waals surface area contributed by atoms with E-state index in [1.165, 1.54) is 21.2 Å². The molecule has 1 saturated carbocycles. The number of nitrogens with one attached hydrogen (secondary N) is 2. The fourth-order valence-corrected chi connectivity index (χ4v) is 3.13. The number of nitro groups is 1. The monoisotopic (exact) mass is 451 g/mol. The number of halogens is 3. The van der Waals surface area contributed by atoms with Crippen molar-refractivity contribution >= 4 is 17.4 Å². The van der Waals surface area contributed by atoms with Gasteiger partial charge in [0.15, 0.2) is 0 Å². The number of ether oxygens (including phenoxy) is 2. The topological polar surface area (TPSA) is 142 Å². The van der Waals surface area contributed by atoms with E-state index in [1.807, 2.05) is 0 Å². The van der Waals surface area contributed by atoms with Gasteiger partial charge in [0.1, 0.15) is 12.2 Å². The summed E-state index contributed by atoms with van der Waals surface area (Å²) >= 11 is 0. The van der Waals surface area contributed by atoms with E-state index in [-0.39, 0.29) is 56.2 Å². The van der Waals surface area contributed by atoms with Gasteiger partial charge in [-0.2, -0.15) is 18.2 Å². The van der Waals surface area contributed by atoms with Gasteiger partial charge in [0, 0.05) is 26.3 Å². The third-order valence-electron chi connectivity index (χ3n) is 4.70. The maximum atomic E-state index is 12.8. The molecule has 1 amide bonds. The van der Waals surface area contributed by atoms with Crippen LogP contribution >= 0.6 is 0 Å². The minimum atomic E-state index is -4.25. The first-order valence-corrected chi connectivity index (χ1v) is 9.61. The van der Waals surface area contributed by atoms with Crippen LogP contribution in [0.25, 0.3) is 0 Å². The molecule has 0 spiro atoms. The van der Waals surface area contributed by atoms with Crippen molar-refractivity contribution in [2.24, 2.45) is 11.7 Å². The Kier molecular flexibility index (Phi) is 10.4. The normalized spacial score (nSPS) is 18.4. The van der Waals surface area contributed by atoms with Gasteiger partial charge < -0.3 is 25.8 Å². The Hall–Kier alpha value is -2.67. The minimum absolute atomic E-state index is 0.0570. The van der Waals surface area contributed by atoms with E-state index in [4.69, 9.17) is 9.47 Å². The third-order valence-corrected chi connectivity index (χ3v) is 4.70. The van der Waals surface area contributed by atoms with Crippen LogP contribution in [-0.4, -0.2) is 62.5 Å². The number of hydrogen-bond donors (Lipinski definition) is 3.